The summed E-state index contributed by atoms with van der Waals surface area (Å²) in [5.41, 5.74) is 0.491. The van der Waals surface area contributed by atoms with E-state index in [0.717, 1.165) is 31.5 Å². The zero-order chi connectivity index (χ0) is 19.9. The first-order valence-corrected chi connectivity index (χ1v) is 10.9. The fourth-order valence-corrected chi connectivity index (χ4v) is 5.86. The molecule has 1 saturated carbocycles. The molecule has 4 bridgehead atoms. The minimum Gasteiger partial charge on any atom is -0.350 e. The van der Waals surface area contributed by atoms with E-state index in [1.54, 1.807) is 12.4 Å². The fourth-order valence-electron chi connectivity index (χ4n) is 5.86. The fraction of sp³-hybridized carbons (Fsp3) is 0.696. The van der Waals surface area contributed by atoms with Gasteiger partial charge in [0.1, 0.15) is 5.54 Å². The number of aromatic nitrogens is 1. The molecule has 4 aliphatic rings. The first-order chi connectivity index (χ1) is 13.4. The van der Waals surface area contributed by atoms with Gasteiger partial charge in [-0.2, -0.15) is 0 Å². The third-order valence-corrected chi connectivity index (χ3v) is 6.83. The van der Waals surface area contributed by atoms with Gasteiger partial charge in [-0.05, 0) is 48.3 Å². The summed E-state index contributed by atoms with van der Waals surface area (Å²) in [4.78, 5) is 25.2. The third kappa shape index (κ3) is 3.38. The predicted octanol–water partition coefficient (Wildman–Crippen LogP) is 3.16. The molecule has 0 radical (unpaired) electrons. The SMILES string of the molecule is CC(C)C[C@H]1[C@@H]2[C@@H]3C=N[C@@]1(C(=O)NCc1ccncc1)C[C@@H]3CN2CC(C)C. The van der Waals surface area contributed by atoms with E-state index in [1.165, 1.54) is 0 Å². The monoisotopic (exact) mass is 382 g/mol. The molecule has 5 rings (SSSR count). The van der Waals surface area contributed by atoms with Crippen LogP contribution < -0.4 is 5.32 Å². The molecule has 5 heteroatoms. The van der Waals surface area contributed by atoms with E-state index in [4.69, 9.17) is 4.99 Å². The lowest BCUT2D eigenvalue weighted by atomic mass is 9.59. The van der Waals surface area contributed by atoms with Crippen LogP contribution >= 0.6 is 0 Å². The maximum absolute atomic E-state index is 13.5. The summed E-state index contributed by atoms with van der Waals surface area (Å²) >= 11 is 0. The van der Waals surface area contributed by atoms with E-state index in [0.29, 0.717) is 42.2 Å². The number of hydrogen-bond donors (Lipinski definition) is 1. The van der Waals surface area contributed by atoms with Crippen LogP contribution in [0, 0.1) is 29.6 Å². The first-order valence-electron chi connectivity index (χ1n) is 10.9. The van der Waals surface area contributed by atoms with Gasteiger partial charge in [-0.3, -0.25) is 19.7 Å². The number of hydrogen-bond acceptors (Lipinski definition) is 4. The van der Waals surface area contributed by atoms with Gasteiger partial charge >= 0.3 is 0 Å². The molecule has 5 atom stereocenters. The van der Waals surface area contributed by atoms with Crippen molar-refractivity contribution in [1.82, 2.24) is 15.2 Å². The van der Waals surface area contributed by atoms with Crippen LogP contribution in [0.25, 0.3) is 0 Å². The summed E-state index contributed by atoms with van der Waals surface area (Å²) in [5, 5.41) is 3.21. The Hall–Kier alpha value is -1.75. The molecular formula is C23H34N4O. The zero-order valence-corrected chi connectivity index (χ0v) is 17.6. The third-order valence-electron chi connectivity index (χ3n) is 6.83. The van der Waals surface area contributed by atoms with Gasteiger partial charge in [0.25, 0.3) is 0 Å². The summed E-state index contributed by atoms with van der Waals surface area (Å²) in [7, 11) is 0. The summed E-state index contributed by atoms with van der Waals surface area (Å²) in [6.07, 6.45) is 7.65. The minimum absolute atomic E-state index is 0.116. The molecule has 0 aromatic carbocycles. The van der Waals surface area contributed by atoms with Gasteiger partial charge in [0, 0.05) is 56.1 Å². The minimum atomic E-state index is -0.590. The second kappa shape index (κ2) is 7.58. The first kappa shape index (κ1) is 19.6. The second-order valence-corrected chi connectivity index (χ2v) is 9.86. The molecule has 5 nitrogen and oxygen atoms in total. The maximum atomic E-state index is 13.5. The van der Waals surface area contributed by atoms with Crippen molar-refractivity contribution in [1.29, 1.82) is 0 Å². The highest BCUT2D eigenvalue weighted by molar-refractivity contribution is 5.91. The Morgan fingerprint density at radius 3 is 2.68 bits per heavy atom. The van der Waals surface area contributed by atoms with E-state index < -0.39 is 5.54 Å². The summed E-state index contributed by atoms with van der Waals surface area (Å²) in [5.74, 6) is 2.72. The predicted molar refractivity (Wildman–Crippen MR) is 112 cm³/mol. The Morgan fingerprint density at radius 1 is 1.25 bits per heavy atom. The molecule has 152 valence electrons. The molecule has 0 spiro atoms. The van der Waals surface area contributed by atoms with Crippen LogP contribution in [0.1, 0.15) is 46.1 Å². The lowest BCUT2D eigenvalue weighted by molar-refractivity contribution is -0.132. The van der Waals surface area contributed by atoms with Crippen LogP contribution in [-0.2, 0) is 11.3 Å². The number of carbonyl (C=O) groups is 1. The van der Waals surface area contributed by atoms with Crippen molar-refractivity contribution in [3.05, 3.63) is 30.1 Å². The van der Waals surface area contributed by atoms with Crippen LogP contribution in [0.4, 0.5) is 0 Å². The van der Waals surface area contributed by atoms with Crippen LogP contribution in [0.15, 0.2) is 29.5 Å². The smallest absolute Gasteiger partial charge is 0.248 e. The van der Waals surface area contributed by atoms with E-state index in [2.05, 4.69) is 49.1 Å². The number of carbonyl (C=O) groups excluding carboxylic acids is 1. The molecule has 1 aromatic rings. The number of nitrogens with one attached hydrogen (secondary N) is 1. The quantitative estimate of drug-likeness (QED) is 0.788. The molecule has 4 heterocycles. The van der Waals surface area contributed by atoms with Crippen LogP contribution in [0.5, 0.6) is 0 Å². The zero-order valence-electron chi connectivity index (χ0n) is 17.6. The van der Waals surface area contributed by atoms with Gasteiger partial charge < -0.3 is 5.32 Å². The summed E-state index contributed by atoms with van der Waals surface area (Å²) < 4.78 is 0. The van der Waals surface area contributed by atoms with Crippen LogP contribution in [0.3, 0.4) is 0 Å². The lowest BCUT2D eigenvalue weighted by Gasteiger charge is -2.51. The summed E-state index contributed by atoms with van der Waals surface area (Å²) in [6.45, 7) is 11.9. The van der Waals surface area contributed by atoms with Crippen molar-refractivity contribution in [2.75, 3.05) is 13.1 Å². The Balaban J connectivity index is 1.60. The molecule has 1 amide bonds. The average Bonchev–Trinajstić information content (AvgIpc) is 2.95. The van der Waals surface area contributed by atoms with E-state index in [-0.39, 0.29) is 5.91 Å². The number of pyridine rings is 1. The van der Waals surface area contributed by atoms with Crippen molar-refractivity contribution >= 4 is 12.1 Å². The molecular weight excluding hydrogens is 348 g/mol. The Bertz CT molecular complexity index is 731. The standard InChI is InChI=1S/C23H34N4O/c1-15(2)9-20-21-19-12-26-23(20,10-18(19)14-27(21)13-16(3)4)22(28)25-11-17-5-7-24-8-6-17/h5-8,12,15-16,18-21H,9-11,13-14H2,1-4H3,(H,25,28)/t18-,19-,20+,21+,23+/m1/s1. The molecule has 1 aliphatic carbocycles. The van der Waals surface area contributed by atoms with Crippen molar-refractivity contribution in [2.24, 2.45) is 34.6 Å². The van der Waals surface area contributed by atoms with Crippen molar-refractivity contribution in [2.45, 2.75) is 58.7 Å². The normalized spacial score (nSPS) is 33.8. The number of nitrogens with zero attached hydrogens (tertiary/aromatic N) is 3. The number of rotatable bonds is 7. The van der Waals surface area contributed by atoms with Gasteiger partial charge in [0.05, 0.1) is 0 Å². The van der Waals surface area contributed by atoms with Gasteiger partial charge in [-0.1, -0.05) is 27.7 Å². The largest absolute Gasteiger partial charge is 0.350 e. The number of likely N-dealkylation sites (tertiary alicyclic amines) is 1. The van der Waals surface area contributed by atoms with Gasteiger partial charge in [0.15, 0.2) is 0 Å². The van der Waals surface area contributed by atoms with Gasteiger partial charge in [0.2, 0.25) is 5.91 Å². The van der Waals surface area contributed by atoms with Crippen molar-refractivity contribution < 1.29 is 4.79 Å². The molecule has 2 fully saturated rings. The topological polar surface area (TPSA) is 57.6 Å². The summed E-state index contributed by atoms with van der Waals surface area (Å²) in [6, 6.07) is 4.38. The second-order valence-electron chi connectivity index (χ2n) is 9.86. The highest BCUT2D eigenvalue weighted by Crippen LogP contribution is 2.54. The van der Waals surface area contributed by atoms with Crippen LogP contribution in [0.2, 0.25) is 0 Å². The average molecular weight is 383 g/mol. The van der Waals surface area contributed by atoms with E-state index >= 15 is 0 Å². The molecule has 1 saturated heterocycles. The molecule has 1 N–H and O–H groups in total. The molecule has 3 aliphatic heterocycles. The lowest BCUT2D eigenvalue weighted by Crippen LogP contribution is -2.63. The van der Waals surface area contributed by atoms with Crippen LogP contribution in [-0.4, -0.2) is 46.7 Å². The van der Waals surface area contributed by atoms with E-state index in [9.17, 15) is 4.79 Å². The van der Waals surface area contributed by atoms with Gasteiger partial charge in [-0.15, -0.1) is 0 Å². The molecule has 0 unspecified atom stereocenters. The maximum Gasteiger partial charge on any atom is 0.248 e. The molecule has 28 heavy (non-hydrogen) atoms. The Labute approximate surface area is 169 Å². The highest BCUT2D eigenvalue weighted by atomic mass is 16.2. The Morgan fingerprint density at radius 2 is 2.00 bits per heavy atom. The van der Waals surface area contributed by atoms with Gasteiger partial charge in [-0.25, -0.2) is 0 Å². The number of aliphatic imine (C=N–C) groups is 1. The van der Waals surface area contributed by atoms with Crippen molar-refractivity contribution in [3.8, 4) is 0 Å². The highest BCUT2D eigenvalue weighted by Gasteiger charge is 2.63. The molecule has 1 aromatic heterocycles. The van der Waals surface area contributed by atoms with Crippen molar-refractivity contribution in [3.63, 3.8) is 0 Å². The number of amides is 1. The Kier molecular flexibility index (Phi) is 5.30. The van der Waals surface area contributed by atoms with E-state index in [1.807, 2.05) is 12.1 Å².